The quantitative estimate of drug-likeness (QED) is 0.724. The molecule has 0 bridgehead atoms. The van der Waals surface area contributed by atoms with Crippen molar-refractivity contribution in [2.45, 2.75) is 24.7 Å². The number of thioether (sulfide) groups is 1. The second-order valence-corrected chi connectivity index (χ2v) is 7.49. The summed E-state index contributed by atoms with van der Waals surface area (Å²) in [4.78, 5) is 33.1. The Kier molecular flexibility index (Phi) is 4.68. The molecule has 1 N–H and O–H groups in total. The molecule has 0 aliphatic rings. The van der Waals surface area contributed by atoms with Gasteiger partial charge in [0.2, 0.25) is 5.91 Å². The summed E-state index contributed by atoms with van der Waals surface area (Å²) in [5.74, 6) is -0.266. The van der Waals surface area contributed by atoms with Crippen molar-refractivity contribution in [2.24, 2.45) is 0 Å². The molecule has 3 rings (SSSR count). The molecule has 0 fully saturated rings. The Morgan fingerprint density at radius 3 is 2.67 bits per heavy atom. The van der Waals surface area contributed by atoms with Crippen molar-refractivity contribution in [3.8, 4) is 0 Å². The molecule has 2 heterocycles. The lowest BCUT2D eigenvalue weighted by atomic mass is 10.1. The van der Waals surface area contributed by atoms with Gasteiger partial charge in [-0.05, 0) is 43.4 Å². The molecule has 0 aliphatic carbocycles. The van der Waals surface area contributed by atoms with Crippen LogP contribution in [0, 0.1) is 13.8 Å². The Morgan fingerprint density at radius 2 is 2.00 bits per heavy atom. The lowest BCUT2D eigenvalue weighted by molar-refractivity contribution is -0.116. The molecule has 0 aliphatic heterocycles. The molecule has 0 saturated carbocycles. The Labute approximate surface area is 147 Å². The normalized spacial score (nSPS) is 11.0. The minimum Gasteiger partial charge on any atom is -0.325 e. The Balaban J connectivity index is 1.82. The summed E-state index contributed by atoms with van der Waals surface area (Å²) in [7, 11) is 0. The van der Waals surface area contributed by atoms with Crippen molar-refractivity contribution in [1.82, 2.24) is 14.5 Å². The maximum atomic E-state index is 12.5. The second kappa shape index (κ2) is 6.74. The topological polar surface area (TPSA) is 76.9 Å². The largest absolute Gasteiger partial charge is 0.325 e. The summed E-state index contributed by atoms with van der Waals surface area (Å²) in [6, 6.07) is 5.82. The summed E-state index contributed by atoms with van der Waals surface area (Å²) in [5, 5.41) is 2.82. The summed E-state index contributed by atoms with van der Waals surface area (Å²) < 4.78 is 2.57. The van der Waals surface area contributed by atoms with E-state index in [-0.39, 0.29) is 18.0 Å². The van der Waals surface area contributed by atoms with Crippen molar-refractivity contribution >= 4 is 45.0 Å². The van der Waals surface area contributed by atoms with Crippen LogP contribution in [0.1, 0.15) is 11.1 Å². The van der Waals surface area contributed by atoms with Gasteiger partial charge >= 0.3 is 0 Å². The minimum atomic E-state index is -0.266. The van der Waals surface area contributed by atoms with E-state index in [1.165, 1.54) is 34.0 Å². The van der Waals surface area contributed by atoms with E-state index < -0.39 is 0 Å². The molecular weight excluding hydrogens is 344 g/mol. The van der Waals surface area contributed by atoms with Gasteiger partial charge in [0.1, 0.15) is 17.6 Å². The fourth-order valence-electron chi connectivity index (χ4n) is 2.43. The highest BCUT2D eigenvalue weighted by Crippen LogP contribution is 2.24. The molecule has 0 spiro atoms. The number of anilines is 1. The molecule has 1 amide bonds. The van der Waals surface area contributed by atoms with Gasteiger partial charge < -0.3 is 5.32 Å². The number of nitrogens with one attached hydrogen (secondary N) is 1. The van der Waals surface area contributed by atoms with E-state index in [0.29, 0.717) is 10.3 Å². The molecule has 3 aromatic rings. The number of carbonyl (C=O) groups excluding carboxylic acids is 1. The van der Waals surface area contributed by atoms with E-state index in [1.54, 1.807) is 0 Å². The van der Waals surface area contributed by atoms with E-state index in [1.807, 2.05) is 38.3 Å². The number of thiazole rings is 1. The zero-order valence-corrected chi connectivity index (χ0v) is 15.1. The number of rotatable bonds is 4. The monoisotopic (exact) mass is 360 g/mol. The first-order valence-corrected chi connectivity index (χ1v) is 9.28. The third-order valence-electron chi connectivity index (χ3n) is 3.36. The maximum Gasteiger partial charge on any atom is 0.273 e. The number of hydrogen-bond donors (Lipinski definition) is 1. The minimum absolute atomic E-state index is 0.0821. The van der Waals surface area contributed by atoms with Crippen LogP contribution in [0.5, 0.6) is 0 Å². The number of aromatic nitrogens is 3. The van der Waals surface area contributed by atoms with E-state index in [2.05, 4.69) is 15.3 Å². The molecule has 2 aromatic heterocycles. The van der Waals surface area contributed by atoms with Crippen LogP contribution in [0.4, 0.5) is 5.69 Å². The van der Waals surface area contributed by atoms with Gasteiger partial charge in [-0.2, -0.15) is 0 Å². The highest BCUT2D eigenvalue weighted by atomic mass is 32.2. The molecular formula is C16H16N4O2S2. The molecule has 0 saturated heterocycles. The predicted octanol–water partition coefficient (Wildman–Crippen LogP) is 2.83. The number of aryl methyl sites for hydroxylation is 2. The summed E-state index contributed by atoms with van der Waals surface area (Å²) in [6.45, 7) is 3.86. The molecule has 8 heteroatoms. The van der Waals surface area contributed by atoms with Gasteiger partial charge in [-0.15, -0.1) is 11.3 Å². The van der Waals surface area contributed by atoms with Crippen LogP contribution in [-0.4, -0.2) is 26.7 Å². The average molecular weight is 360 g/mol. The Hall–Kier alpha value is -2.19. The number of carbonyl (C=O) groups is 1. The van der Waals surface area contributed by atoms with Crippen molar-refractivity contribution in [2.75, 3.05) is 11.6 Å². The summed E-state index contributed by atoms with van der Waals surface area (Å²) >= 11 is 2.76. The number of amides is 1. The molecule has 124 valence electrons. The van der Waals surface area contributed by atoms with Crippen LogP contribution in [0.2, 0.25) is 0 Å². The molecule has 0 unspecified atom stereocenters. The van der Waals surface area contributed by atoms with Gasteiger partial charge in [0.25, 0.3) is 5.56 Å². The smallest absolute Gasteiger partial charge is 0.273 e. The summed E-state index contributed by atoms with van der Waals surface area (Å²) in [5.41, 5.74) is 3.05. The van der Waals surface area contributed by atoms with Gasteiger partial charge in [-0.3, -0.25) is 14.2 Å². The highest BCUT2D eigenvalue weighted by molar-refractivity contribution is 8.00. The number of nitrogens with zero attached hydrogens (tertiary/aromatic N) is 3. The van der Waals surface area contributed by atoms with E-state index in [9.17, 15) is 9.59 Å². The third kappa shape index (κ3) is 3.49. The molecule has 0 atom stereocenters. The van der Waals surface area contributed by atoms with Crippen molar-refractivity contribution in [1.29, 1.82) is 0 Å². The van der Waals surface area contributed by atoms with Gasteiger partial charge in [-0.25, -0.2) is 9.97 Å². The van der Waals surface area contributed by atoms with E-state index in [4.69, 9.17) is 0 Å². The molecule has 6 nitrogen and oxygen atoms in total. The Bertz CT molecular complexity index is 958. The SMILES string of the molecule is CSc1nc2ncn(CC(=O)Nc3cc(C)cc(C)c3)c(=O)c2s1. The zero-order chi connectivity index (χ0) is 17.3. The average Bonchev–Trinajstić information content (AvgIpc) is 2.93. The molecule has 0 radical (unpaired) electrons. The lowest BCUT2D eigenvalue weighted by Crippen LogP contribution is -2.27. The zero-order valence-electron chi connectivity index (χ0n) is 13.5. The fourth-order valence-corrected chi connectivity index (χ4v) is 3.89. The van der Waals surface area contributed by atoms with Crippen LogP contribution in [-0.2, 0) is 11.3 Å². The van der Waals surface area contributed by atoms with Crippen molar-refractivity contribution in [3.05, 3.63) is 46.0 Å². The number of fused-ring (bicyclic) bond motifs is 1. The fraction of sp³-hybridized carbons (Fsp3) is 0.250. The maximum absolute atomic E-state index is 12.5. The van der Waals surface area contributed by atoms with Crippen LogP contribution in [0.25, 0.3) is 10.3 Å². The number of hydrogen-bond acceptors (Lipinski definition) is 6. The second-order valence-electron chi connectivity index (χ2n) is 5.44. The van der Waals surface area contributed by atoms with Crippen LogP contribution in [0.15, 0.2) is 33.7 Å². The van der Waals surface area contributed by atoms with Crippen molar-refractivity contribution in [3.63, 3.8) is 0 Å². The van der Waals surface area contributed by atoms with Gasteiger partial charge in [-0.1, -0.05) is 17.8 Å². The van der Waals surface area contributed by atoms with Crippen LogP contribution in [0.3, 0.4) is 0 Å². The number of benzene rings is 1. The van der Waals surface area contributed by atoms with Gasteiger partial charge in [0.05, 0.1) is 0 Å². The Morgan fingerprint density at radius 1 is 1.29 bits per heavy atom. The first kappa shape index (κ1) is 16.7. The lowest BCUT2D eigenvalue weighted by Gasteiger charge is -2.08. The third-order valence-corrected chi connectivity index (χ3v) is 5.38. The first-order chi connectivity index (χ1) is 11.5. The van der Waals surface area contributed by atoms with Crippen LogP contribution < -0.4 is 10.9 Å². The van der Waals surface area contributed by atoms with Crippen molar-refractivity contribution < 1.29 is 4.79 Å². The van der Waals surface area contributed by atoms with Crippen LogP contribution >= 0.6 is 23.1 Å². The predicted molar refractivity (Wildman–Crippen MR) is 98.0 cm³/mol. The van der Waals surface area contributed by atoms with Gasteiger partial charge in [0, 0.05) is 5.69 Å². The van der Waals surface area contributed by atoms with E-state index >= 15 is 0 Å². The van der Waals surface area contributed by atoms with E-state index in [0.717, 1.165) is 21.2 Å². The highest BCUT2D eigenvalue weighted by Gasteiger charge is 2.12. The van der Waals surface area contributed by atoms with Gasteiger partial charge in [0.15, 0.2) is 9.99 Å². The summed E-state index contributed by atoms with van der Waals surface area (Å²) in [6.07, 6.45) is 3.27. The standard InChI is InChI=1S/C16H16N4O2S2/c1-9-4-10(2)6-11(5-9)18-12(21)7-20-8-17-14-13(15(20)22)24-16(19-14)23-3/h4-6,8H,7H2,1-3H3,(H,18,21). The first-order valence-electron chi connectivity index (χ1n) is 7.24. The molecule has 1 aromatic carbocycles. The molecule has 24 heavy (non-hydrogen) atoms.